The molecule has 0 aliphatic carbocycles. The van der Waals surface area contributed by atoms with Crippen LogP contribution in [0.25, 0.3) is 0 Å². The summed E-state index contributed by atoms with van der Waals surface area (Å²) in [5.74, 6) is 0. The summed E-state index contributed by atoms with van der Waals surface area (Å²) in [6, 6.07) is 21.8. The average molecular weight is 551 g/mol. The van der Waals surface area contributed by atoms with E-state index < -0.39 is 8.32 Å². The SMILES string of the molecule is CCCCCNC(=O)NCCCCC=CCCCCCCO[Si](c1ccccc1)(c1ccccc1)C(C)(C)C. The molecule has 0 heterocycles. The van der Waals surface area contributed by atoms with Gasteiger partial charge in [-0.05, 0) is 60.4 Å². The quantitative estimate of drug-likeness (QED) is 0.107. The lowest BCUT2D eigenvalue weighted by molar-refractivity contribution is 0.240. The molecule has 5 heteroatoms. The number of amides is 2. The lowest BCUT2D eigenvalue weighted by Gasteiger charge is -2.43. The van der Waals surface area contributed by atoms with E-state index in [1.165, 1.54) is 42.5 Å². The van der Waals surface area contributed by atoms with Crippen molar-refractivity contribution < 1.29 is 9.22 Å². The van der Waals surface area contributed by atoms with Crippen molar-refractivity contribution in [3.63, 3.8) is 0 Å². The van der Waals surface area contributed by atoms with Gasteiger partial charge in [0.05, 0.1) is 0 Å². The standard InChI is InChI=1S/C34H54N2O2Si/c1-5-6-21-28-35-33(37)36-29-22-13-11-9-7-8-10-12-14-23-30-38-39(34(2,3)4,31-24-17-15-18-25-31)32-26-19-16-20-27-32/h7,9,15-20,24-27H,5-6,8,10-14,21-23,28-30H2,1-4H3,(H2,35,36,37). The number of hydrogen-bond acceptors (Lipinski definition) is 2. The molecular formula is C34H54N2O2Si. The summed E-state index contributed by atoms with van der Waals surface area (Å²) in [5, 5.41) is 8.62. The third-order valence-electron chi connectivity index (χ3n) is 7.32. The summed E-state index contributed by atoms with van der Waals surface area (Å²) < 4.78 is 7.00. The Bertz CT molecular complexity index is 886. The van der Waals surface area contributed by atoms with Crippen LogP contribution in [0.2, 0.25) is 5.04 Å². The predicted octanol–water partition coefficient (Wildman–Crippen LogP) is 7.73. The smallest absolute Gasteiger partial charge is 0.314 e. The van der Waals surface area contributed by atoms with E-state index in [4.69, 9.17) is 4.43 Å². The van der Waals surface area contributed by atoms with Crippen molar-refractivity contribution in [2.45, 2.75) is 103 Å². The van der Waals surface area contributed by atoms with Gasteiger partial charge in [-0.1, -0.05) is 126 Å². The number of carbonyl (C=O) groups excluding carboxylic acids is 1. The van der Waals surface area contributed by atoms with Crippen LogP contribution in [0.4, 0.5) is 4.79 Å². The van der Waals surface area contributed by atoms with Crippen molar-refractivity contribution in [3.8, 4) is 0 Å². The number of allylic oxidation sites excluding steroid dienone is 2. The Morgan fingerprint density at radius 3 is 1.72 bits per heavy atom. The van der Waals surface area contributed by atoms with Gasteiger partial charge in [0.2, 0.25) is 0 Å². The van der Waals surface area contributed by atoms with Crippen molar-refractivity contribution in [3.05, 3.63) is 72.8 Å². The maximum Gasteiger partial charge on any atom is 0.314 e. The van der Waals surface area contributed by atoms with Gasteiger partial charge in [0, 0.05) is 19.7 Å². The van der Waals surface area contributed by atoms with Crippen LogP contribution in [-0.2, 0) is 4.43 Å². The van der Waals surface area contributed by atoms with Crippen LogP contribution >= 0.6 is 0 Å². The lowest BCUT2D eigenvalue weighted by atomic mass is 10.1. The largest absolute Gasteiger partial charge is 0.407 e. The van der Waals surface area contributed by atoms with Crippen LogP contribution in [0, 0.1) is 0 Å². The summed E-state index contributed by atoms with van der Waals surface area (Å²) in [4.78, 5) is 11.7. The molecule has 216 valence electrons. The van der Waals surface area contributed by atoms with Crippen molar-refractivity contribution in [2.24, 2.45) is 0 Å². The Kier molecular flexibility index (Phi) is 15.9. The molecule has 0 saturated heterocycles. The molecule has 0 unspecified atom stereocenters. The minimum Gasteiger partial charge on any atom is -0.407 e. The van der Waals surface area contributed by atoms with Gasteiger partial charge >= 0.3 is 6.03 Å². The summed E-state index contributed by atoms with van der Waals surface area (Å²) in [6.45, 7) is 11.5. The van der Waals surface area contributed by atoms with E-state index in [1.807, 2.05) is 0 Å². The minimum absolute atomic E-state index is 0.0291. The average Bonchev–Trinajstić information content (AvgIpc) is 2.93. The number of urea groups is 1. The zero-order valence-corrected chi connectivity index (χ0v) is 26.1. The highest BCUT2D eigenvalue weighted by Gasteiger charge is 2.49. The third kappa shape index (κ3) is 11.7. The van der Waals surface area contributed by atoms with Gasteiger partial charge in [0.1, 0.15) is 0 Å². The molecule has 0 aliphatic heterocycles. The highest BCUT2D eigenvalue weighted by Crippen LogP contribution is 2.36. The zero-order chi connectivity index (χ0) is 28.2. The van der Waals surface area contributed by atoms with Gasteiger partial charge in [-0.15, -0.1) is 0 Å². The number of unbranched alkanes of at least 4 members (excludes halogenated alkanes) is 8. The molecule has 2 rings (SSSR count). The van der Waals surface area contributed by atoms with Crippen molar-refractivity contribution in [2.75, 3.05) is 19.7 Å². The Balaban J connectivity index is 1.63. The fraction of sp³-hybridized carbons (Fsp3) is 0.559. The number of rotatable bonds is 19. The molecule has 0 aromatic heterocycles. The Morgan fingerprint density at radius 2 is 1.21 bits per heavy atom. The molecule has 39 heavy (non-hydrogen) atoms. The van der Waals surface area contributed by atoms with Gasteiger partial charge in [-0.2, -0.15) is 0 Å². The Hall–Kier alpha value is -2.37. The molecule has 0 radical (unpaired) electrons. The van der Waals surface area contributed by atoms with E-state index in [9.17, 15) is 4.79 Å². The van der Waals surface area contributed by atoms with Crippen LogP contribution < -0.4 is 21.0 Å². The van der Waals surface area contributed by atoms with Crippen LogP contribution in [0.1, 0.15) is 98.3 Å². The van der Waals surface area contributed by atoms with Crippen molar-refractivity contribution >= 4 is 24.7 Å². The topological polar surface area (TPSA) is 50.4 Å². The molecule has 4 nitrogen and oxygen atoms in total. The molecule has 2 aromatic rings. The van der Waals surface area contributed by atoms with Crippen LogP contribution in [0.15, 0.2) is 72.8 Å². The second-order valence-electron chi connectivity index (χ2n) is 11.6. The highest BCUT2D eigenvalue weighted by molar-refractivity contribution is 6.99. The summed E-state index contributed by atoms with van der Waals surface area (Å²) in [7, 11) is -2.40. The van der Waals surface area contributed by atoms with Crippen LogP contribution in [0.3, 0.4) is 0 Å². The van der Waals surface area contributed by atoms with Gasteiger partial charge in [0.25, 0.3) is 8.32 Å². The number of benzene rings is 2. The molecule has 2 aromatic carbocycles. The molecule has 2 N–H and O–H groups in total. The maximum absolute atomic E-state index is 11.7. The molecular weight excluding hydrogens is 496 g/mol. The normalized spacial score (nSPS) is 12.1. The van der Waals surface area contributed by atoms with Crippen LogP contribution in [-0.4, -0.2) is 34.0 Å². The highest BCUT2D eigenvalue weighted by atomic mass is 28.4. The molecule has 2 amide bonds. The first kappa shape index (κ1) is 32.8. The second-order valence-corrected chi connectivity index (χ2v) is 15.9. The van der Waals surface area contributed by atoms with E-state index >= 15 is 0 Å². The molecule has 0 atom stereocenters. The maximum atomic E-state index is 11.7. The zero-order valence-electron chi connectivity index (χ0n) is 25.1. The fourth-order valence-corrected chi connectivity index (χ4v) is 9.77. The monoisotopic (exact) mass is 550 g/mol. The van der Waals surface area contributed by atoms with E-state index in [0.717, 1.165) is 58.2 Å². The van der Waals surface area contributed by atoms with E-state index in [0.29, 0.717) is 0 Å². The minimum atomic E-state index is -2.40. The van der Waals surface area contributed by atoms with E-state index in [1.54, 1.807) is 0 Å². The Labute approximate surface area is 240 Å². The predicted molar refractivity (Wildman–Crippen MR) is 171 cm³/mol. The van der Waals surface area contributed by atoms with E-state index in [2.05, 4.69) is 111 Å². The molecule has 0 bridgehead atoms. The van der Waals surface area contributed by atoms with E-state index in [-0.39, 0.29) is 11.1 Å². The fourth-order valence-electron chi connectivity index (χ4n) is 5.17. The molecule has 0 saturated carbocycles. The van der Waals surface area contributed by atoms with Gasteiger partial charge in [0.15, 0.2) is 0 Å². The number of hydrogen-bond donors (Lipinski definition) is 2. The summed E-state index contributed by atoms with van der Waals surface area (Å²) >= 11 is 0. The van der Waals surface area contributed by atoms with Gasteiger partial charge in [-0.3, -0.25) is 0 Å². The molecule has 0 aliphatic rings. The summed E-state index contributed by atoms with van der Waals surface area (Å²) in [6.07, 6.45) is 17.2. The summed E-state index contributed by atoms with van der Waals surface area (Å²) in [5.41, 5.74) is 0. The van der Waals surface area contributed by atoms with Gasteiger partial charge in [-0.25, -0.2) is 4.79 Å². The lowest BCUT2D eigenvalue weighted by Crippen LogP contribution is -2.66. The van der Waals surface area contributed by atoms with Crippen molar-refractivity contribution in [1.82, 2.24) is 10.6 Å². The first-order valence-electron chi connectivity index (χ1n) is 15.3. The number of carbonyl (C=O) groups is 1. The van der Waals surface area contributed by atoms with Gasteiger partial charge < -0.3 is 15.1 Å². The van der Waals surface area contributed by atoms with Crippen LogP contribution in [0.5, 0.6) is 0 Å². The number of nitrogens with one attached hydrogen (secondary N) is 2. The molecule has 0 fully saturated rings. The first-order valence-corrected chi connectivity index (χ1v) is 17.2. The molecule has 0 spiro atoms. The van der Waals surface area contributed by atoms with Crippen molar-refractivity contribution in [1.29, 1.82) is 0 Å². The Morgan fingerprint density at radius 1 is 0.718 bits per heavy atom. The first-order chi connectivity index (χ1) is 18.9. The second kappa shape index (κ2) is 18.8. The third-order valence-corrected chi connectivity index (χ3v) is 12.4.